The summed E-state index contributed by atoms with van der Waals surface area (Å²) in [5.74, 6) is 0.532. The van der Waals surface area contributed by atoms with E-state index in [2.05, 4.69) is 58.9 Å². The first-order valence-electron chi connectivity index (χ1n) is 7.45. The number of benzene rings is 1. The average Bonchev–Trinajstić information content (AvgIpc) is 2.98. The molecule has 0 bridgehead atoms. The molecule has 0 amide bonds. The van der Waals surface area contributed by atoms with E-state index in [9.17, 15) is 0 Å². The van der Waals surface area contributed by atoms with Gasteiger partial charge in [0.15, 0.2) is 0 Å². The number of hydrogen-bond acceptors (Lipinski definition) is 1. The second kappa shape index (κ2) is 5.30. The molecule has 1 heterocycles. The minimum Gasteiger partial charge on any atom is -0.347 e. The summed E-state index contributed by atoms with van der Waals surface area (Å²) >= 11 is 0. The van der Waals surface area contributed by atoms with Gasteiger partial charge >= 0.3 is 0 Å². The highest BCUT2D eigenvalue weighted by atomic mass is 15.2. The Bertz CT molecular complexity index is 720. The van der Waals surface area contributed by atoms with Crippen LogP contribution in [0.5, 0.6) is 0 Å². The molecule has 1 aromatic carbocycles. The van der Waals surface area contributed by atoms with Gasteiger partial charge in [0.2, 0.25) is 0 Å². The van der Waals surface area contributed by atoms with Crippen LogP contribution in [0.25, 0.3) is 21.7 Å². The monoisotopic (exact) mass is 280 g/mol. The molecule has 4 heteroatoms. The lowest BCUT2D eigenvalue weighted by atomic mass is 9.98. The van der Waals surface area contributed by atoms with Crippen LogP contribution in [0.15, 0.2) is 35.6 Å². The van der Waals surface area contributed by atoms with Gasteiger partial charge in [-0.2, -0.15) is 0 Å². The molecule has 108 valence electrons. The predicted octanol–water partition coefficient (Wildman–Crippen LogP) is 4.88. The summed E-state index contributed by atoms with van der Waals surface area (Å²) < 4.78 is 2.23. The molecule has 0 spiro atoms. The van der Waals surface area contributed by atoms with E-state index < -0.39 is 0 Å². The van der Waals surface area contributed by atoms with Crippen LogP contribution in [-0.4, -0.2) is 10.6 Å². The Morgan fingerprint density at radius 2 is 2.05 bits per heavy atom. The van der Waals surface area contributed by atoms with Gasteiger partial charge in [-0.25, -0.2) is 0 Å². The molecular weight excluding hydrogens is 260 g/mol. The van der Waals surface area contributed by atoms with Crippen molar-refractivity contribution < 1.29 is 0 Å². The fourth-order valence-corrected chi connectivity index (χ4v) is 3.08. The predicted molar refractivity (Wildman–Crippen MR) is 85.4 cm³/mol. The van der Waals surface area contributed by atoms with Crippen LogP contribution in [0.4, 0.5) is 0 Å². The zero-order valence-corrected chi connectivity index (χ0v) is 12.7. The molecule has 21 heavy (non-hydrogen) atoms. The van der Waals surface area contributed by atoms with Gasteiger partial charge in [-0.05, 0) is 40.3 Å². The molecule has 0 radical (unpaired) electrons. The van der Waals surface area contributed by atoms with Crippen LogP contribution in [0.2, 0.25) is 0 Å². The first-order valence-corrected chi connectivity index (χ1v) is 7.45. The maximum absolute atomic E-state index is 8.56. The number of azide groups is 1. The van der Waals surface area contributed by atoms with Gasteiger partial charge in [-0.3, -0.25) is 0 Å². The van der Waals surface area contributed by atoms with Gasteiger partial charge in [0.1, 0.15) is 0 Å². The first kappa shape index (κ1) is 13.8. The molecule has 1 aliphatic carbocycles. The van der Waals surface area contributed by atoms with E-state index in [4.69, 9.17) is 5.53 Å². The second-order valence-electron chi connectivity index (χ2n) is 6.14. The molecule has 4 nitrogen and oxygen atoms in total. The molecule has 1 atom stereocenters. The Hall–Kier alpha value is -2.19. The molecule has 0 N–H and O–H groups in total. The Morgan fingerprint density at radius 1 is 1.24 bits per heavy atom. The van der Waals surface area contributed by atoms with Crippen LogP contribution < -0.4 is 0 Å². The molecule has 0 saturated heterocycles. The van der Waals surface area contributed by atoms with E-state index in [0.717, 1.165) is 13.0 Å². The Balaban J connectivity index is 2.02. The molecule has 0 aliphatic heterocycles. The van der Waals surface area contributed by atoms with Crippen LogP contribution >= 0.6 is 0 Å². The van der Waals surface area contributed by atoms with Gasteiger partial charge < -0.3 is 4.57 Å². The van der Waals surface area contributed by atoms with E-state index >= 15 is 0 Å². The third-order valence-corrected chi connectivity index (χ3v) is 4.19. The third kappa shape index (κ3) is 2.43. The van der Waals surface area contributed by atoms with Crippen molar-refractivity contribution in [2.75, 3.05) is 0 Å². The number of aromatic nitrogens is 1. The average molecular weight is 280 g/mol. The number of nitrogens with zero attached hydrogens (tertiary/aromatic N) is 4. The number of rotatable bonds is 4. The van der Waals surface area contributed by atoms with Gasteiger partial charge in [0.05, 0.1) is 11.7 Å². The van der Waals surface area contributed by atoms with Crippen molar-refractivity contribution in [2.24, 2.45) is 5.11 Å². The van der Waals surface area contributed by atoms with E-state index in [1.54, 1.807) is 0 Å². The highest BCUT2D eigenvalue weighted by Gasteiger charge is 2.23. The lowest BCUT2D eigenvalue weighted by Gasteiger charge is -2.13. The minimum atomic E-state index is -0.0381. The van der Waals surface area contributed by atoms with Crippen molar-refractivity contribution in [3.05, 3.63) is 57.6 Å². The van der Waals surface area contributed by atoms with Gasteiger partial charge in [0.25, 0.3) is 0 Å². The summed E-state index contributed by atoms with van der Waals surface area (Å²) in [5.41, 5.74) is 15.3. The van der Waals surface area contributed by atoms with Crippen molar-refractivity contribution in [3.63, 3.8) is 0 Å². The van der Waals surface area contributed by atoms with Crippen LogP contribution in [0.1, 0.15) is 43.4 Å². The number of fused-ring (bicyclic) bond motifs is 3. The summed E-state index contributed by atoms with van der Waals surface area (Å²) in [7, 11) is 0. The smallest absolute Gasteiger partial charge is 0.0525 e. The SMILES string of the molecule is CC(C)c1ccc2c(c1)-c1c(ccn1C[C@H](C)N=[N+]=[N-])C2. The minimum absolute atomic E-state index is 0.0381. The quantitative estimate of drug-likeness (QED) is 0.371. The van der Waals surface area contributed by atoms with Crippen molar-refractivity contribution in [2.45, 2.75) is 45.7 Å². The molecule has 3 rings (SSSR count). The normalized spacial score (nSPS) is 13.7. The fraction of sp³-hybridized carbons (Fsp3) is 0.412. The van der Waals surface area contributed by atoms with Gasteiger partial charge in [0, 0.05) is 29.6 Å². The Labute approximate surface area is 125 Å². The molecule has 1 aliphatic rings. The van der Waals surface area contributed by atoms with E-state index in [-0.39, 0.29) is 6.04 Å². The fourth-order valence-electron chi connectivity index (χ4n) is 3.08. The highest BCUT2D eigenvalue weighted by Crippen LogP contribution is 2.39. The molecular formula is C17H20N4. The summed E-state index contributed by atoms with van der Waals surface area (Å²) in [6, 6.07) is 8.96. The highest BCUT2D eigenvalue weighted by molar-refractivity contribution is 5.75. The van der Waals surface area contributed by atoms with Crippen molar-refractivity contribution >= 4 is 0 Å². The first-order chi connectivity index (χ1) is 10.1. The van der Waals surface area contributed by atoms with Crippen LogP contribution in [-0.2, 0) is 13.0 Å². The largest absolute Gasteiger partial charge is 0.347 e. The Kier molecular flexibility index (Phi) is 3.48. The summed E-state index contributed by atoms with van der Waals surface area (Å²) in [6.45, 7) is 7.12. The molecule has 0 saturated carbocycles. The Morgan fingerprint density at radius 3 is 2.76 bits per heavy atom. The topological polar surface area (TPSA) is 53.7 Å². The van der Waals surface area contributed by atoms with E-state index in [1.807, 2.05) is 6.92 Å². The zero-order valence-electron chi connectivity index (χ0n) is 12.7. The maximum Gasteiger partial charge on any atom is 0.0525 e. The van der Waals surface area contributed by atoms with Crippen molar-refractivity contribution in [1.82, 2.24) is 4.57 Å². The van der Waals surface area contributed by atoms with Gasteiger partial charge in [-0.15, -0.1) is 0 Å². The van der Waals surface area contributed by atoms with E-state index in [0.29, 0.717) is 5.92 Å². The lowest BCUT2D eigenvalue weighted by Crippen LogP contribution is -2.09. The van der Waals surface area contributed by atoms with Gasteiger partial charge in [-0.1, -0.05) is 38.0 Å². The summed E-state index contributed by atoms with van der Waals surface area (Å²) in [5, 5.41) is 3.79. The second-order valence-corrected chi connectivity index (χ2v) is 6.14. The zero-order chi connectivity index (χ0) is 15.0. The molecule has 2 aromatic rings. The summed E-state index contributed by atoms with van der Waals surface area (Å²) in [6.07, 6.45) is 3.12. The van der Waals surface area contributed by atoms with Crippen LogP contribution in [0, 0.1) is 0 Å². The number of hydrogen-bond donors (Lipinski definition) is 0. The molecule has 0 fully saturated rings. The maximum atomic E-state index is 8.56. The summed E-state index contributed by atoms with van der Waals surface area (Å²) in [4.78, 5) is 2.90. The molecule has 1 aromatic heterocycles. The van der Waals surface area contributed by atoms with E-state index in [1.165, 1.54) is 27.9 Å². The third-order valence-electron chi connectivity index (χ3n) is 4.19. The molecule has 0 unspecified atom stereocenters. The standard InChI is InChI=1S/C17H20N4/c1-11(2)13-4-5-14-8-15-6-7-21(10-12(3)19-20-18)17(15)16(14)9-13/h4-7,9,11-12H,8,10H2,1-3H3/t12-/m0/s1. The lowest BCUT2D eigenvalue weighted by molar-refractivity contribution is 0.594. The van der Waals surface area contributed by atoms with Crippen molar-refractivity contribution in [1.29, 1.82) is 0 Å². The van der Waals surface area contributed by atoms with Crippen molar-refractivity contribution in [3.8, 4) is 11.3 Å². The van der Waals surface area contributed by atoms with Crippen LogP contribution in [0.3, 0.4) is 0 Å².